The average Bonchev–Trinajstić information content (AvgIpc) is 3.22. The highest BCUT2D eigenvalue weighted by Crippen LogP contribution is 2.24. The van der Waals surface area contributed by atoms with Crippen LogP contribution in [0.25, 0.3) is 16.5 Å². The molecule has 9 nitrogen and oxygen atoms in total. The highest BCUT2D eigenvalue weighted by atomic mass is 16.6. The molecule has 34 heavy (non-hydrogen) atoms. The van der Waals surface area contributed by atoms with Crippen LogP contribution in [0.15, 0.2) is 24.5 Å². The molecule has 2 saturated heterocycles. The van der Waals surface area contributed by atoms with Gasteiger partial charge in [0, 0.05) is 79.5 Å². The van der Waals surface area contributed by atoms with Crippen LogP contribution in [0.3, 0.4) is 0 Å². The SMILES string of the molecule is CC(C)(C)OC(=O)N1CCC(N/C=C(\C=N)c2nccc3[nH]c(CN4CCOCC4)cc23)CC1. The van der Waals surface area contributed by atoms with Gasteiger partial charge < -0.3 is 30.1 Å². The molecule has 2 fully saturated rings. The van der Waals surface area contributed by atoms with Gasteiger partial charge in [-0.05, 0) is 45.7 Å². The number of hydrogen-bond acceptors (Lipinski definition) is 7. The van der Waals surface area contributed by atoms with Crippen LogP contribution in [0, 0.1) is 5.41 Å². The van der Waals surface area contributed by atoms with E-state index in [1.807, 2.05) is 33.0 Å². The van der Waals surface area contributed by atoms with Crippen LogP contribution in [-0.4, -0.2) is 83.1 Å². The summed E-state index contributed by atoms with van der Waals surface area (Å²) in [5.74, 6) is 0. The first-order valence-electron chi connectivity index (χ1n) is 12.0. The zero-order valence-electron chi connectivity index (χ0n) is 20.4. The van der Waals surface area contributed by atoms with E-state index in [-0.39, 0.29) is 12.1 Å². The zero-order chi connectivity index (χ0) is 24.1. The average molecular weight is 469 g/mol. The second-order valence-corrected chi connectivity index (χ2v) is 9.96. The number of nitrogens with zero attached hydrogens (tertiary/aromatic N) is 3. The molecular weight excluding hydrogens is 432 g/mol. The number of aromatic amines is 1. The minimum absolute atomic E-state index is 0.232. The Morgan fingerprint density at radius 1 is 1.29 bits per heavy atom. The fourth-order valence-electron chi connectivity index (χ4n) is 4.37. The monoisotopic (exact) mass is 468 g/mol. The molecule has 3 N–H and O–H groups in total. The smallest absolute Gasteiger partial charge is 0.410 e. The van der Waals surface area contributed by atoms with E-state index >= 15 is 0 Å². The number of carbonyl (C=O) groups excluding carboxylic acids is 1. The molecule has 0 aliphatic carbocycles. The number of hydrogen-bond donors (Lipinski definition) is 3. The van der Waals surface area contributed by atoms with Crippen LogP contribution >= 0.6 is 0 Å². The summed E-state index contributed by atoms with van der Waals surface area (Å²) in [5, 5.41) is 12.5. The lowest BCUT2D eigenvalue weighted by Gasteiger charge is -2.33. The Labute approximate surface area is 201 Å². The first-order valence-corrected chi connectivity index (χ1v) is 12.0. The minimum atomic E-state index is -0.484. The molecule has 0 atom stereocenters. The number of fused-ring (bicyclic) bond motifs is 1. The number of morpholine rings is 1. The minimum Gasteiger partial charge on any atom is -0.444 e. The molecule has 0 aromatic carbocycles. The number of piperidine rings is 1. The van der Waals surface area contributed by atoms with Crippen molar-refractivity contribution >= 4 is 28.8 Å². The van der Waals surface area contributed by atoms with Gasteiger partial charge in [-0.1, -0.05) is 0 Å². The predicted molar refractivity (Wildman–Crippen MR) is 133 cm³/mol. The van der Waals surface area contributed by atoms with E-state index in [2.05, 4.69) is 26.3 Å². The molecule has 0 bridgehead atoms. The number of pyridine rings is 1. The topological polar surface area (TPSA) is 107 Å². The molecule has 0 saturated carbocycles. The largest absolute Gasteiger partial charge is 0.444 e. The third-order valence-corrected chi connectivity index (χ3v) is 6.15. The number of allylic oxidation sites excluding steroid dienone is 1. The lowest BCUT2D eigenvalue weighted by atomic mass is 10.0. The molecule has 2 aromatic heterocycles. The summed E-state index contributed by atoms with van der Waals surface area (Å²) >= 11 is 0. The molecular formula is C25H36N6O3. The Hall–Kier alpha value is -2.91. The van der Waals surface area contributed by atoms with Gasteiger partial charge in [-0.3, -0.25) is 9.88 Å². The summed E-state index contributed by atoms with van der Waals surface area (Å²) < 4.78 is 10.9. The molecule has 0 radical (unpaired) electrons. The summed E-state index contributed by atoms with van der Waals surface area (Å²) in [6, 6.07) is 4.35. The number of rotatable bonds is 6. The van der Waals surface area contributed by atoms with Crippen LogP contribution in [0.1, 0.15) is 45.0 Å². The molecule has 9 heteroatoms. The maximum Gasteiger partial charge on any atom is 0.410 e. The fraction of sp³-hybridized carbons (Fsp3) is 0.560. The van der Waals surface area contributed by atoms with Gasteiger partial charge in [0.05, 0.1) is 18.9 Å². The first-order chi connectivity index (χ1) is 16.3. The summed E-state index contributed by atoms with van der Waals surface area (Å²) in [6.45, 7) is 11.2. The number of nitrogens with one attached hydrogen (secondary N) is 3. The van der Waals surface area contributed by atoms with Gasteiger partial charge in [0.15, 0.2) is 0 Å². The fourth-order valence-corrected chi connectivity index (χ4v) is 4.37. The summed E-state index contributed by atoms with van der Waals surface area (Å²) in [7, 11) is 0. The second-order valence-electron chi connectivity index (χ2n) is 9.96. The Balaban J connectivity index is 1.40. The Morgan fingerprint density at radius 2 is 2.03 bits per heavy atom. The number of amides is 1. The summed E-state index contributed by atoms with van der Waals surface area (Å²) in [6.07, 6.45) is 6.41. The van der Waals surface area contributed by atoms with Gasteiger partial charge in [-0.2, -0.15) is 0 Å². The van der Waals surface area contributed by atoms with Crippen molar-refractivity contribution in [1.82, 2.24) is 25.1 Å². The van der Waals surface area contributed by atoms with Gasteiger partial charge in [-0.15, -0.1) is 0 Å². The Bertz CT molecular complexity index is 1030. The van der Waals surface area contributed by atoms with E-state index < -0.39 is 5.60 Å². The molecule has 0 spiro atoms. The van der Waals surface area contributed by atoms with Crippen LogP contribution < -0.4 is 5.32 Å². The normalized spacial score (nSPS) is 18.8. The van der Waals surface area contributed by atoms with E-state index in [1.54, 1.807) is 11.1 Å². The molecule has 2 aliphatic rings. The number of ether oxygens (including phenoxy) is 2. The number of carbonyl (C=O) groups is 1. The zero-order valence-corrected chi connectivity index (χ0v) is 20.4. The van der Waals surface area contributed by atoms with Crippen LogP contribution in [0.5, 0.6) is 0 Å². The second kappa shape index (κ2) is 10.6. The van der Waals surface area contributed by atoms with Crippen molar-refractivity contribution in [2.75, 3.05) is 39.4 Å². The first kappa shape index (κ1) is 24.2. The third-order valence-electron chi connectivity index (χ3n) is 6.15. The summed E-state index contributed by atoms with van der Waals surface area (Å²) in [4.78, 5) is 24.5. The van der Waals surface area contributed by atoms with Crippen molar-refractivity contribution < 1.29 is 14.3 Å². The van der Waals surface area contributed by atoms with E-state index in [0.717, 1.165) is 73.6 Å². The number of aromatic nitrogens is 2. The van der Waals surface area contributed by atoms with Crippen molar-refractivity contribution in [3.05, 3.63) is 35.9 Å². The van der Waals surface area contributed by atoms with E-state index in [1.165, 1.54) is 6.21 Å². The van der Waals surface area contributed by atoms with E-state index in [4.69, 9.17) is 14.9 Å². The van der Waals surface area contributed by atoms with Gasteiger partial charge in [0.2, 0.25) is 0 Å². The van der Waals surface area contributed by atoms with Crippen molar-refractivity contribution in [3.63, 3.8) is 0 Å². The molecule has 4 rings (SSSR count). The molecule has 1 amide bonds. The predicted octanol–water partition coefficient (Wildman–Crippen LogP) is 3.37. The van der Waals surface area contributed by atoms with Gasteiger partial charge in [-0.25, -0.2) is 4.79 Å². The molecule has 184 valence electrons. The lowest BCUT2D eigenvalue weighted by molar-refractivity contribution is 0.0201. The lowest BCUT2D eigenvalue weighted by Crippen LogP contribution is -2.45. The van der Waals surface area contributed by atoms with E-state index in [9.17, 15) is 4.79 Å². The maximum absolute atomic E-state index is 12.3. The number of likely N-dealkylation sites (tertiary alicyclic amines) is 1. The van der Waals surface area contributed by atoms with Crippen molar-refractivity contribution in [3.8, 4) is 0 Å². The molecule has 4 heterocycles. The van der Waals surface area contributed by atoms with Gasteiger partial charge in [0.1, 0.15) is 5.60 Å². The van der Waals surface area contributed by atoms with Crippen LogP contribution in [0.2, 0.25) is 0 Å². The van der Waals surface area contributed by atoms with Gasteiger partial charge >= 0.3 is 6.09 Å². The van der Waals surface area contributed by atoms with E-state index in [0.29, 0.717) is 13.1 Å². The van der Waals surface area contributed by atoms with Crippen LogP contribution in [0.4, 0.5) is 4.79 Å². The standard InChI is InChI=1S/C25H36N6O3/c1-25(2,3)34-24(32)31-8-5-19(6-9-31)28-16-18(15-26)23-21-14-20(29-22(21)4-7-27-23)17-30-10-12-33-13-11-30/h4,7,14-16,19,26,28-29H,5-6,8-13,17H2,1-3H3/b18-16+,26-15?. The number of H-pyrrole nitrogens is 1. The maximum atomic E-state index is 12.3. The van der Waals surface area contributed by atoms with Crippen LogP contribution in [-0.2, 0) is 16.0 Å². The third kappa shape index (κ3) is 6.15. The quantitative estimate of drug-likeness (QED) is 0.561. The van der Waals surface area contributed by atoms with Crippen molar-refractivity contribution in [1.29, 1.82) is 5.41 Å². The molecule has 0 unspecified atom stereocenters. The highest BCUT2D eigenvalue weighted by molar-refractivity contribution is 6.12. The Kier molecular flexibility index (Phi) is 7.53. The summed E-state index contributed by atoms with van der Waals surface area (Å²) in [5.41, 5.74) is 3.19. The van der Waals surface area contributed by atoms with Crippen molar-refractivity contribution in [2.24, 2.45) is 0 Å². The van der Waals surface area contributed by atoms with Crippen molar-refractivity contribution in [2.45, 2.75) is 51.8 Å². The Morgan fingerprint density at radius 3 is 2.71 bits per heavy atom. The van der Waals surface area contributed by atoms with Gasteiger partial charge in [0.25, 0.3) is 0 Å². The highest BCUT2D eigenvalue weighted by Gasteiger charge is 2.26. The molecule has 2 aromatic rings. The molecule has 2 aliphatic heterocycles.